The summed E-state index contributed by atoms with van der Waals surface area (Å²) in [7, 11) is -3.47. The molecular weight excluding hydrogens is 276 g/mol. The fraction of sp³-hybridized carbons (Fsp3) is 0.357. The predicted octanol–water partition coefficient (Wildman–Crippen LogP) is 2.12. The minimum Gasteiger partial charge on any atom is -0.361 e. The maximum atomic E-state index is 12.1. The summed E-state index contributed by atoms with van der Waals surface area (Å²) >= 11 is 0. The highest BCUT2D eigenvalue weighted by Gasteiger charge is 2.14. The Morgan fingerprint density at radius 1 is 1.15 bits per heavy atom. The van der Waals surface area contributed by atoms with E-state index in [0.29, 0.717) is 12.2 Å². The van der Waals surface area contributed by atoms with Gasteiger partial charge in [0.05, 0.1) is 10.6 Å². The lowest BCUT2D eigenvalue weighted by Crippen LogP contribution is -2.26. The molecule has 0 aliphatic carbocycles. The van der Waals surface area contributed by atoms with Crippen molar-refractivity contribution in [3.63, 3.8) is 0 Å². The summed E-state index contributed by atoms with van der Waals surface area (Å²) in [6.07, 6.45) is 0.477. The van der Waals surface area contributed by atoms with Crippen LogP contribution in [0.15, 0.2) is 33.7 Å². The molecule has 0 aliphatic heterocycles. The number of nitrogens with zero attached hydrogens (tertiary/aromatic N) is 1. The Morgan fingerprint density at radius 3 is 2.50 bits per heavy atom. The Labute approximate surface area is 119 Å². The first-order valence-corrected chi connectivity index (χ1v) is 7.86. The maximum absolute atomic E-state index is 12.1. The maximum Gasteiger partial charge on any atom is 0.240 e. The van der Waals surface area contributed by atoms with E-state index >= 15 is 0 Å². The molecule has 1 N–H and O–H groups in total. The molecule has 6 heteroatoms. The van der Waals surface area contributed by atoms with Crippen molar-refractivity contribution in [1.82, 2.24) is 9.88 Å². The first-order chi connectivity index (χ1) is 9.38. The van der Waals surface area contributed by atoms with Crippen LogP contribution in [0.1, 0.15) is 22.6 Å². The Hall–Kier alpha value is -1.66. The van der Waals surface area contributed by atoms with E-state index in [2.05, 4.69) is 9.88 Å². The van der Waals surface area contributed by atoms with Crippen LogP contribution < -0.4 is 4.72 Å². The van der Waals surface area contributed by atoms with Crippen LogP contribution in [0.5, 0.6) is 0 Å². The molecule has 0 unspecified atom stereocenters. The average molecular weight is 294 g/mol. The molecule has 0 saturated heterocycles. The van der Waals surface area contributed by atoms with Crippen LogP contribution in [0.3, 0.4) is 0 Å². The monoisotopic (exact) mass is 294 g/mol. The highest BCUT2D eigenvalue weighted by atomic mass is 32.2. The molecule has 1 aromatic carbocycles. The summed E-state index contributed by atoms with van der Waals surface area (Å²) in [5, 5.41) is 3.76. The minimum atomic E-state index is -3.47. The highest BCUT2D eigenvalue weighted by Crippen LogP contribution is 2.14. The fourth-order valence-electron chi connectivity index (χ4n) is 1.81. The van der Waals surface area contributed by atoms with Crippen molar-refractivity contribution >= 4 is 10.0 Å². The van der Waals surface area contributed by atoms with Gasteiger partial charge in [-0.2, -0.15) is 0 Å². The van der Waals surface area contributed by atoms with Gasteiger partial charge < -0.3 is 4.52 Å². The van der Waals surface area contributed by atoms with Crippen LogP contribution in [0, 0.1) is 20.8 Å². The van der Waals surface area contributed by atoms with Crippen LogP contribution in [0.2, 0.25) is 0 Å². The third kappa shape index (κ3) is 3.46. The lowest BCUT2D eigenvalue weighted by molar-refractivity contribution is 0.379. The lowest BCUT2D eigenvalue weighted by Gasteiger charge is -2.07. The molecule has 2 rings (SSSR count). The van der Waals surface area contributed by atoms with Gasteiger partial charge in [-0.05, 0) is 44.0 Å². The molecule has 0 fully saturated rings. The van der Waals surface area contributed by atoms with Gasteiger partial charge >= 0.3 is 0 Å². The van der Waals surface area contributed by atoms with Gasteiger partial charge in [0.2, 0.25) is 10.0 Å². The van der Waals surface area contributed by atoms with E-state index in [9.17, 15) is 8.42 Å². The Kier molecular flexibility index (Phi) is 4.25. The summed E-state index contributed by atoms with van der Waals surface area (Å²) in [6.45, 7) is 5.95. The number of rotatable bonds is 5. The summed E-state index contributed by atoms with van der Waals surface area (Å²) in [6, 6.07) is 6.90. The van der Waals surface area contributed by atoms with Gasteiger partial charge in [-0.1, -0.05) is 11.2 Å². The highest BCUT2D eigenvalue weighted by molar-refractivity contribution is 7.89. The van der Waals surface area contributed by atoms with E-state index in [1.165, 1.54) is 0 Å². The number of hydrogen-bond donors (Lipinski definition) is 1. The minimum absolute atomic E-state index is 0.282. The molecule has 0 atom stereocenters. The van der Waals surface area contributed by atoms with Gasteiger partial charge in [0.15, 0.2) is 0 Å². The number of benzene rings is 1. The van der Waals surface area contributed by atoms with E-state index in [1.54, 1.807) is 18.2 Å². The summed E-state index contributed by atoms with van der Waals surface area (Å²) in [5.41, 5.74) is 2.82. The van der Waals surface area contributed by atoms with Gasteiger partial charge in [0.25, 0.3) is 0 Å². The van der Waals surface area contributed by atoms with Gasteiger partial charge in [-0.3, -0.25) is 0 Å². The molecule has 20 heavy (non-hydrogen) atoms. The third-order valence-corrected chi connectivity index (χ3v) is 4.59. The van der Waals surface area contributed by atoms with Gasteiger partial charge in [0.1, 0.15) is 5.76 Å². The molecule has 5 nitrogen and oxygen atoms in total. The normalized spacial score (nSPS) is 11.8. The van der Waals surface area contributed by atoms with Crippen molar-refractivity contribution in [2.24, 2.45) is 0 Å². The van der Waals surface area contributed by atoms with Crippen molar-refractivity contribution in [3.8, 4) is 0 Å². The zero-order chi connectivity index (χ0) is 14.8. The number of aromatic nitrogens is 1. The molecule has 0 aliphatic rings. The first kappa shape index (κ1) is 14.7. The topological polar surface area (TPSA) is 72.2 Å². The molecule has 2 aromatic rings. The molecule has 0 amide bonds. The predicted molar refractivity (Wildman–Crippen MR) is 76.0 cm³/mol. The molecule has 0 saturated carbocycles. The molecule has 108 valence electrons. The smallest absolute Gasteiger partial charge is 0.240 e. The van der Waals surface area contributed by atoms with Crippen LogP contribution in [-0.4, -0.2) is 20.1 Å². The van der Waals surface area contributed by atoms with E-state index in [1.807, 2.05) is 26.8 Å². The van der Waals surface area contributed by atoms with Crippen molar-refractivity contribution in [2.45, 2.75) is 32.1 Å². The molecule has 1 aromatic heterocycles. The second-order valence-electron chi connectivity index (χ2n) is 4.83. The SMILES string of the molecule is Cc1cc(CCNS(=O)(=O)c2ccc(C)c(C)c2)on1. The van der Waals surface area contributed by atoms with E-state index in [-0.39, 0.29) is 11.4 Å². The summed E-state index contributed by atoms with van der Waals surface area (Å²) in [5.74, 6) is 0.672. The summed E-state index contributed by atoms with van der Waals surface area (Å²) < 4.78 is 31.9. The number of aryl methyl sites for hydroxylation is 3. The zero-order valence-electron chi connectivity index (χ0n) is 11.8. The average Bonchev–Trinajstić information content (AvgIpc) is 2.78. The summed E-state index contributed by atoms with van der Waals surface area (Å²) in [4.78, 5) is 0.286. The van der Waals surface area contributed by atoms with Crippen molar-refractivity contribution in [3.05, 3.63) is 46.8 Å². The molecular formula is C14H18N2O3S. The van der Waals surface area contributed by atoms with Gasteiger partial charge in [0, 0.05) is 19.0 Å². The Bertz CT molecular complexity index is 705. The lowest BCUT2D eigenvalue weighted by atomic mass is 10.1. The van der Waals surface area contributed by atoms with E-state index in [4.69, 9.17) is 4.52 Å². The van der Waals surface area contributed by atoms with Crippen LogP contribution in [0.4, 0.5) is 0 Å². The van der Waals surface area contributed by atoms with Crippen molar-refractivity contribution < 1.29 is 12.9 Å². The first-order valence-electron chi connectivity index (χ1n) is 6.37. The molecule has 0 spiro atoms. The largest absolute Gasteiger partial charge is 0.361 e. The van der Waals surface area contributed by atoms with Crippen molar-refractivity contribution in [1.29, 1.82) is 0 Å². The Morgan fingerprint density at radius 2 is 1.90 bits per heavy atom. The number of hydrogen-bond acceptors (Lipinski definition) is 4. The fourth-order valence-corrected chi connectivity index (χ4v) is 2.92. The second kappa shape index (κ2) is 5.76. The molecule has 0 radical (unpaired) electrons. The number of nitrogens with one attached hydrogen (secondary N) is 1. The van der Waals surface area contributed by atoms with Crippen LogP contribution in [0.25, 0.3) is 0 Å². The van der Waals surface area contributed by atoms with Crippen molar-refractivity contribution in [2.75, 3.05) is 6.54 Å². The Balaban J connectivity index is 2.02. The standard InChI is InChI=1S/C14H18N2O3S/c1-10-4-5-14(8-11(10)2)20(17,18)15-7-6-13-9-12(3)16-19-13/h4-5,8-9,15H,6-7H2,1-3H3. The third-order valence-electron chi connectivity index (χ3n) is 3.13. The zero-order valence-corrected chi connectivity index (χ0v) is 12.6. The second-order valence-corrected chi connectivity index (χ2v) is 6.60. The quantitative estimate of drug-likeness (QED) is 0.917. The molecule has 1 heterocycles. The number of sulfonamides is 1. The van der Waals surface area contributed by atoms with E-state index in [0.717, 1.165) is 16.8 Å². The van der Waals surface area contributed by atoms with Crippen LogP contribution >= 0.6 is 0 Å². The van der Waals surface area contributed by atoms with Crippen LogP contribution in [-0.2, 0) is 16.4 Å². The van der Waals surface area contributed by atoms with Gasteiger partial charge in [-0.25, -0.2) is 13.1 Å². The molecule has 0 bridgehead atoms. The van der Waals surface area contributed by atoms with Gasteiger partial charge in [-0.15, -0.1) is 0 Å². The van der Waals surface area contributed by atoms with E-state index < -0.39 is 10.0 Å².